The topological polar surface area (TPSA) is 15.7 Å². The van der Waals surface area contributed by atoms with Crippen molar-refractivity contribution in [1.29, 1.82) is 0 Å². The first-order valence-electron chi connectivity index (χ1n) is 19.1. The van der Waals surface area contributed by atoms with Gasteiger partial charge in [0, 0.05) is 22.5 Å². The van der Waals surface area contributed by atoms with Crippen LogP contribution < -0.4 is 14.5 Å². The van der Waals surface area contributed by atoms with Gasteiger partial charge in [0.2, 0.25) is 0 Å². The van der Waals surface area contributed by atoms with Crippen LogP contribution in [0.3, 0.4) is 0 Å². The van der Waals surface area contributed by atoms with Crippen LogP contribution in [0.5, 0.6) is 11.5 Å². The lowest BCUT2D eigenvalue weighted by molar-refractivity contribution is 0.471. The van der Waals surface area contributed by atoms with Crippen molar-refractivity contribution in [3.63, 3.8) is 0 Å². The number of ether oxygens (including phenoxy) is 1. The molecule has 2 heterocycles. The molecule has 0 amide bonds. The molecule has 8 aromatic rings. The largest absolute Gasteiger partial charge is 0.453 e. The monoisotopic (exact) mass is 706 g/mol. The molecule has 0 spiro atoms. The van der Waals surface area contributed by atoms with E-state index < -0.39 is 5.41 Å². The molecule has 0 fully saturated rings. The molecular formula is C52H38N2O. The van der Waals surface area contributed by atoms with Gasteiger partial charge in [0.05, 0.1) is 22.5 Å². The second-order valence-corrected chi connectivity index (χ2v) is 15.3. The highest BCUT2D eigenvalue weighted by molar-refractivity contribution is 5.95. The lowest BCUT2D eigenvalue weighted by Gasteiger charge is -2.45. The van der Waals surface area contributed by atoms with Gasteiger partial charge in [0.25, 0.3) is 0 Å². The number of anilines is 6. The molecule has 0 saturated heterocycles. The summed E-state index contributed by atoms with van der Waals surface area (Å²) in [7, 11) is 0. The molecule has 55 heavy (non-hydrogen) atoms. The molecular weight excluding hydrogens is 669 g/mol. The number of fused-ring (bicyclic) bond motifs is 7. The molecule has 8 aromatic carbocycles. The second kappa shape index (κ2) is 11.8. The molecule has 0 atom stereocenters. The first-order chi connectivity index (χ1) is 27.0. The van der Waals surface area contributed by atoms with Gasteiger partial charge in [-0.2, -0.15) is 0 Å². The van der Waals surface area contributed by atoms with Crippen molar-refractivity contribution in [3.8, 4) is 22.6 Å². The Morgan fingerprint density at radius 1 is 0.418 bits per heavy atom. The Morgan fingerprint density at radius 3 is 1.73 bits per heavy atom. The van der Waals surface area contributed by atoms with Gasteiger partial charge >= 0.3 is 0 Å². The van der Waals surface area contributed by atoms with Gasteiger partial charge < -0.3 is 14.5 Å². The highest BCUT2D eigenvalue weighted by Crippen LogP contribution is 2.61. The molecule has 0 N–H and O–H groups in total. The summed E-state index contributed by atoms with van der Waals surface area (Å²) in [4.78, 5) is 4.83. The molecule has 0 unspecified atom stereocenters. The molecule has 3 heteroatoms. The van der Waals surface area contributed by atoms with Gasteiger partial charge in [-0.1, -0.05) is 147 Å². The third kappa shape index (κ3) is 4.44. The van der Waals surface area contributed by atoms with E-state index in [2.05, 4.69) is 212 Å². The summed E-state index contributed by atoms with van der Waals surface area (Å²) in [6.45, 7) is 4.69. The van der Waals surface area contributed by atoms with Gasteiger partial charge in [-0.3, -0.25) is 0 Å². The lowest BCUT2D eigenvalue weighted by Crippen LogP contribution is -2.32. The van der Waals surface area contributed by atoms with Crippen molar-refractivity contribution in [2.24, 2.45) is 0 Å². The van der Waals surface area contributed by atoms with Crippen LogP contribution in [0.15, 0.2) is 194 Å². The fraction of sp³-hybridized carbons (Fsp3) is 0.0769. The minimum Gasteiger partial charge on any atom is -0.453 e. The number of hydrogen-bond donors (Lipinski definition) is 0. The van der Waals surface area contributed by atoms with E-state index in [1.165, 1.54) is 50.2 Å². The minimum atomic E-state index is -0.490. The molecule has 3 aliphatic rings. The predicted octanol–water partition coefficient (Wildman–Crippen LogP) is 13.7. The van der Waals surface area contributed by atoms with Crippen LogP contribution in [-0.4, -0.2) is 0 Å². The van der Waals surface area contributed by atoms with E-state index in [1.54, 1.807) is 0 Å². The molecule has 0 aromatic heterocycles. The van der Waals surface area contributed by atoms with E-state index >= 15 is 0 Å². The summed E-state index contributed by atoms with van der Waals surface area (Å²) in [5.74, 6) is 1.76. The zero-order chi connectivity index (χ0) is 36.7. The molecule has 1 aliphatic carbocycles. The van der Waals surface area contributed by atoms with Crippen LogP contribution >= 0.6 is 0 Å². The van der Waals surface area contributed by atoms with Crippen LogP contribution in [0.4, 0.5) is 34.1 Å². The molecule has 0 saturated carbocycles. The molecule has 2 aliphatic heterocycles. The molecule has 11 rings (SSSR count). The summed E-state index contributed by atoms with van der Waals surface area (Å²) < 4.78 is 6.50. The van der Waals surface area contributed by atoms with Crippen LogP contribution in [-0.2, 0) is 10.8 Å². The van der Waals surface area contributed by atoms with Crippen molar-refractivity contribution in [2.75, 3.05) is 9.80 Å². The standard InChI is InChI=1S/C52H38N2O/c1-51(2)43-25-16-28-49-50(43)54(47-26-14-15-27-48(47)55-49)46-32-30-39(34-45(46)51)53(37-21-10-5-11-22-37)38-29-31-41-40-23-12-13-24-42(40)52(44(41)33-38,35-17-6-3-7-18-35)36-19-8-4-9-20-36/h3-34H,1-2H3. The number of hydrogen-bond acceptors (Lipinski definition) is 3. The fourth-order valence-corrected chi connectivity index (χ4v) is 9.66. The van der Waals surface area contributed by atoms with Gasteiger partial charge in [-0.05, 0) is 105 Å². The summed E-state index contributed by atoms with van der Waals surface area (Å²) in [5, 5.41) is 0. The zero-order valence-electron chi connectivity index (χ0n) is 30.8. The summed E-state index contributed by atoms with van der Waals surface area (Å²) in [6.07, 6.45) is 0. The maximum atomic E-state index is 6.50. The molecule has 0 bridgehead atoms. The first-order valence-corrected chi connectivity index (χ1v) is 19.1. The Morgan fingerprint density at radius 2 is 0.982 bits per heavy atom. The summed E-state index contributed by atoms with van der Waals surface area (Å²) >= 11 is 0. The quantitative estimate of drug-likeness (QED) is 0.177. The van der Waals surface area contributed by atoms with Crippen LogP contribution in [0.2, 0.25) is 0 Å². The van der Waals surface area contributed by atoms with Crippen molar-refractivity contribution in [1.82, 2.24) is 0 Å². The average molecular weight is 707 g/mol. The van der Waals surface area contributed by atoms with Crippen molar-refractivity contribution < 1.29 is 4.74 Å². The van der Waals surface area contributed by atoms with E-state index in [1.807, 2.05) is 6.07 Å². The zero-order valence-corrected chi connectivity index (χ0v) is 30.8. The summed E-state index contributed by atoms with van der Waals surface area (Å²) in [5.41, 5.74) is 16.1. The molecule has 3 nitrogen and oxygen atoms in total. The van der Waals surface area contributed by atoms with Crippen molar-refractivity contribution in [2.45, 2.75) is 24.7 Å². The van der Waals surface area contributed by atoms with Crippen LogP contribution in [0.1, 0.15) is 47.2 Å². The van der Waals surface area contributed by atoms with Gasteiger partial charge in [-0.15, -0.1) is 0 Å². The third-order valence-electron chi connectivity index (χ3n) is 12.1. The minimum absolute atomic E-state index is 0.291. The number of rotatable bonds is 5. The number of para-hydroxylation sites is 4. The van der Waals surface area contributed by atoms with Gasteiger partial charge in [0.15, 0.2) is 11.5 Å². The van der Waals surface area contributed by atoms with Crippen molar-refractivity contribution in [3.05, 3.63) is 228 Å². The average Bonchev–Trinajstić information content (AvgIpc) is 3.54. The smallest absolute Gasteiger partial charge is 0.151 e. The normalized spacial score (nSPS) is 14.8. The Kier molecular flexibility index (Phi) is 6.81. The van der Waals surface area contributed by atoms with Crippen molar-refractivity contribution >= 4 is 34.1 Å². The van der Waals surface area contributed by atoms with Crippen LogP contribution in [0, 0.1) is 0 Å². The predicted molar refractivity (Wildman–Crippen MR) is 225 cm³/mol. The Bertz CT molecular complexity index is 2730. The maximum Gasteiger partial charge on any atom is 0.151 e. The van der Waals surface area contributed by atoms with E-state index in [9.17, 15) is 0 Å². The van der Waals surface area contributed by atoms with E-state index in [4.69, 9.17) is 4.74 Å². The Balaban J connectivity index is 1.15. The maximum absolute atomic E-state index is 6.50. The van der Waals surface area contributed by atoms with Gasteiger partial charge in [0.1, 0.15) is 0 Å². The summed E-state index contributed by atoms with van der Waals surface area (Å²) in [6, 6.07) is 70.8. The Hall–Kier alpha value is -6.84. The second-order valence-electron chi connectivity index (χ2n) is 15.3. The highest BCUT2D eigenvalue weighted by atomic mass is 16.5. The third-order valence-corrected chi connectivity index (χ3v) is 12.1. The fourth-order valence-electron chi connectivity index (χ4n) is 9.66. The SMILES string of the molecule is CC1(C)c2cc(N(c3ccccc3)c3ccc4c(c3)C(c3ccccc3)(c3ccccc3)c3ccccc3-4)ccc2N2c3ccccc3Oc3cccc1c32. The van der Waals surface area contributed by atoms with E-state index in [-0.39, 0.29) is 5.41 Å². The number of nitrogens with zero attached hydrogens (tertiary/aromatic N) is 2. The Labute approximate surface area is 322 Å². The first kappa shape index (κ1) is 31.7. The van der Waals surface area contributed by atoms with E-state index in [0.717, 1.165) is 39.9 Å². The number of benzene rings is 8. The van der Waals surface area contributed by atoms with Gasteiger partial charge in [-0.25, -0.2) is 0 Å². The highest BCUT2D eigenvalue weighted by Gasteiger charge is 2.47. The molecule has 262 valence electrons. The van der Waals surface area contributed by atoms with E-state index in [0.29, 0.717) is 0 Å². The molecule has 0 radical (unpaired) electrons. The van der Waals surface area contributed by atoms with Crippen LogP contribution in [0.25, 0.3) is 11.1 Å². The lowest BCUT2D eigenvalue weighted by atomic mass is 9.67.